The molecule has 1 fully saturated rings. The van der Waals surface area contributed by atoms with Crippen LogP contribution in [0.3, 0.4) is 0 Å². The summed E-state index contributed by atoms with van der Waals surface area (Å²) >= 11 is 0. The highest BCUT2D eigenvalue weighted by Gasteiger charge is 2.28. The molecule has 1 heterocycles. The molecule has 0 saturated carbocycles. The van der Waals surface area contributed by atoms with Gasteiger partial charge in [0.15, 0.2) is 0 Å². The molecule has 1 aromatic carbocycles. The first kappa shape index (κ1) is 17.2. The molecule has 7 nitrogen and oxygen atoms in total. The molecule has 0 unspecified atom stereocenters. The Hall–Kier alpha value is -3.14. The molecule has 0 spiro atoms. The standard InChI is InChI=1S/C17H17N3O4/c1-2-12-4-3-5-13(10-12)19-15(22)11-18-14(21)8-9-20-16(23)6-7-17(20)24/h1,3-5,10H,6-9,11H2,(H,18,21)(H,19,22). The molecule has 0 atom stereocenters. The summed E-state index contributed by atoms with van der Waals surface area (Å²) in [5.74, 6) is 1.13. The third-order valence-electron chi connectivity index (χ3n) is 3.48. The lowest BCUT2D eigenvalue weighted by atomic mass is 10.2. The number of nitrogens with one attached hydrogen (secondary N) is 2. The summed E-state index contributed by atoms with van der Waals surface area (Å²) in [6.45, 7) is -0.170. The van der Waals surface area contributed by atoms with Crippen LogP contribution in [-0.4, -0.2) is 41.6 Å². The van der Waals surface area contributed by atoms with Gasteiger partial charge in [0.1, 0.15) is 0 Å². The number of imide groups is 1. The Kier molecular flexibility index (Phi) is 5.68. The van der Waals surface area contributed by atoms with Gasteiger partial charge in [-0.1, -0.05) is 12.0 Å². The van der Waals surface area contributed by atoms with Crippen LogP contribution in [0.1, 0.15) is 24.8 Å². The average Bonchev–Trinajstić information content (AvgIpc) is 2.89. The molecule has 1 aliphatic heterocycles. The number of likely N-dealkylation sites (tertiary alicyclic amines) is 1. The van der Waals surface area contributed by atoms with Gasteiger partial charge >= 0.3 is 0 Å². The van der Waals surface area contributed by atoms with Crippen molar-refractivity contribution in [3.8, 4) is 12.3 Å². The Morgan fingerprint density at radius 3 is 2.54 bits per heavy atom. The van der Waals surface area contributed by atoms with Gasteiger partial charge in [-0.05, 0) is 18.2 Å². The van der Waals surface area contributed by atoms with Crippen molar-refractivity contribution in [1.82, 2.24) is 10.2 Å². The van der Waals surface area contributed by atoms with E-state index in [0.29, 0.717) is 11.3 Å². The van der Waals surface area contributed by atoms with Gasteiger partial charge in [0.25, 0.3) is 0 Å². The van der Waals surface area contributed by atoms with Crippen molar-refractivity contribution in [1.29, 1.82) is 0 Å². The molecule has 0 bridgehead atoms. The lowest BCUT2D eigenvalue weighted by Gasteiger charge is -2.13. The number of nitrogens with zero attached hydrogens (tertiary/aromatic N) is 1. The minimum atomic E-state index is -0.407. The van der Waals surface area contributed by atoms with Crippen molar-refractivity contribution in [3.05, 3.63) is 29.8 Å². The Balaban J connectivity index is 1.73. The summed E-state index contributed by atoms with van der Waals surface area (Å²) in [4.78, 5) is 47.4. The van der Waals surface area contributed by atoms with Crippen molar-refractivity contribution in [3.63, 3.8) is 0 Å². The smallest absolute Gasteiger partial charge is 0.243 e. The molecule has 7 heteroatoms. The lowest BCUT2D eigenvalue weighted by Crippen LogP contribution is -2.37. The van der Waals surface area contributed by atoms with Gasteiger partial charge in [0.2, 0.25) is 23.6 Å². The Bertz CT molecular complexity index is 705. The number of terminal acetylenes is 1. The van der Waals surface area contributed by atoms with Gasteiger partial charge < -0.3 is 10.6 Å². The number of amides is 4. The minimum Gasteiger partial charge on any atom is -0.347 e. The minimum absolute atomic E-state index is 0.0304. The largest absolute Gasteiger partial charge is 0.347 e. The third kappa shape index (κ3) is 4.68. The Morgan fingerprint density at radius 2 is 1.88 bits per heavy atom. The highest BCUT2D eigenvalue weighted by Crippen LogP contribution is 2.11. The van der Waals surface area contributed by atoms with E-state index in [2.05, 4.69) is 16.6 Å². The van der Waals surface area contributed by atoms with E-state index < -0.39 is 11.8 Å². The van der Waals surface area contributed by atoms with Crippen LogP contribution in [0.15, 0.2) is 24.3 Å². The van der Waals surface area contributed by atoms with Gasteiger partial charge in [-0.25, -0.2) is 0 Å². The van der Waals surface area contributed by atoms with Crippen molar-refractivity contribution in [2.45, 2.75) is 19.3 Å². The second-order valence-electron chi connectivity index (χ2n) is 5.24. The first-order chi connectivity index (χ1) is 11.5. The van der Waals surface area contributed by atoms with E-state index in [0.717, 1.165) is 4.90 Å². The summed E-state index contributed by atoms with van der Waals surface area (Å²) < 4.78 is 0. The number of hydrogen-bond donors (Lipinski definition) is 2. The van der Waals surface area contributed by atoms with Crippen molar-refractivity contribution >= 4 is 29.3 Å². The van der Waals surface area contributed by atoms with E-state index in [1.165, 1.54) is 0 Å². The van der Waals surface area contributed by atoms with E-state index in [1.54, 1.807) is 24.3 Å². The maximum Gasteiger partial charge on any atom is 0.243 e. The highest BCUT2D eigenvalue weighted by atomic mass is 16.2. The number of anilines is 1. The first-order valence-electron chi connectivity index (χ1n) is 7.46. The Morgan fingerprint density at radius 1 is 1.17 bits per heavy atom. The van der Waals surface area contributed by atoms with E-state index >= 15 is 0 Å². The van der Waals surface area contributed by atoms with Crippen LogP contribution < -0.4 is 10.6 Å². The second-order valence-corrected chi connectivity index (χ2v) is 5.24. The van der Waals surface area contributed by atoms with Crippen LogP contribution in [0.5, 0.6) is 0 Å². The quantitative estimate of drug-likeness (QED) is 0.579. The zero-order chi connectivity index (χ0) is 17.5. The molecule has 0 radical (unpaired) electrons. The van der Waals surface area contributed by atoms with E-state index in [4.69, 9.17) is 6.42 Å². The number of carbonyl (C=O) groups is 4. The fraction of sp³-hybridized carbons (Fsp3) is 0.294. The van der Waals surface area contributed by atoms with Gasteiger partial charge in [0, 0.05) is 37.1 Å². The molecule has 1 aliphatic rings. The molecule has 0 aromatic heterocycles. The van der Waals surface area contributed by atoms with Crippen molar-refractivity contribution < 1.29 is 19.2 Å². The molecule has 0 aliphatic carbocycles. The summed E-state index contributed by atoms with van der Waals surface area (Å²) in [5.41, 5.74) is 1.18. The summed E-state index contributed by atoms with van der Waals surface area (Å²) in [7, 11) is 0. The zero-order valence-corrected chi connectivity index (χ0v) is 13.0. The maximum absolute atomic E-state index is 11.8. The van der Waals surface area contributed by atoms with Gasteiger partial charge in [-0.2, -0.15) is 0 Å². The summed E-state index contributed by atoms with van der Waals surface area (Å²) in [5, 5.41) is 5.06. The topological polar surface area (TPSA) is 95.6 Å². The van der Waals surface area contributed by atoms with Crippen LogP contribution in [0.4, 0.5) is 5.69 Å². The van der Waals surface area contributed by atoms with Crippen LogP contribution in [0.25, 0.3) is 0 Å². The zero-order valence-electron chi connectivity index (χ0n) is 13.0. The van der Waals surface area contributed by atoms with Crippen molar-refractivity contribution in [2.24, 2.45) is 0 Å². The molecule has 2 rings (SSSR count). The lowest BCUT2D eigenvalue weighted by molar-refractivity contribution is -0.138. The third-order valence-corrected chi connectivity index (χ3v) is 3.48. The molecule has 24 heavy (non-hydrogen) atoms. The Labute approximate surface area is 139 Å². The first-order valence-corrected chi connectivity index (χ1v) is 7.46. The second kappa shape index (κ2) is 7.92. The van der Waals surface area contributed by atoms with Gasteiger partial charge in [-0.15, -0.1) is 6.42 Å². The van der Waals surface area contributed by atoms with Crippen LogP contribution in [0, 0.1) is 12.3 Å². The summed E-state index contributed by atoms with van der Waals surface area (Å²) in [6, 6.07) is 6.78. The van der Waals surface area contributed by atoms with Gasteiger partial charge in [-0.3, -0.25) is 24.1 Å². The number of rotatable bonds is 6. The molecule has 4 amide bonds. The van der Waals surface area contributed by atoms with Crippen LogP contribution in [-0.2, 0) is 19.2 Å². The molecule has 1 aromatic rings. The normalized spacial score (nSPS) is 13.5. The molecular formula is C17H17N3O4. The van der Waals surface area contributed by atoms with E-state index in [9.17, 15) is 19.2 Å². The summed E-state index contributed by atoms with van der Waals surface area (Å²) in [6.07, 6.45) is 5.64. The highest BCUT2D eigenvalue weighted by molar-refractivity contribution is 6.02. The van der Waals surface area contributed by atoms with E-state index in [1.807, 2.05) is 0 Å². The number of carbonyl (C=O) groups excluding carboxylic acids is 4. The van der Waals surface area contributed by atoms with Crippen LogP contribution >= 0.6 is 0 Å². The average molecular weight is 327 g/mol. The monoisotopic (exact) mass is 327 g/mol. The molecular weight excluding hydrogens is 310 g/mol. The fourth-order valence-electron chi connectivity index (χ4n) is 2.24. The molecule has 1 saturated heterocycles. The van der Waals surface area contributed by atoms with Crippen LogP contribution in [0.2, 0.25) is 0 Å². The number of hydrogen-bond acceptors (Lipinski definition) is 4. The maximum atomic E-state index is 11.8. The predicted molar refractivity (Wildman–Crippen MR) is 86.6 cm³/mol. The van der Waals surface area contributed by atoms with E-state index in [-0.39, 0.29) is 44.2 Å². The predicted octanol–water partition coefficient (Wildman–Crippen LogP) is 0.262. The number of benzene rings is 1. The fourth-order valence-corrected chi connectivity index (χ4v) is 2.24. The molecule has 2 N–H and O–H groups in total. The molecule has 124 valence electrons. The SMILES string of the molecule is C#Cc1cccc(NC(=O)CNC(=O)CCN2C(=O)CCC2=O)c1. The van der Waals surface area contributed by atoms with Crippen molar-refractivity contribution in [2.75, 3.05) is 18.4 Å². The van der Waals surface area contributed by atoms with Gasteiger partial charge in [0.05, 0.1) is 6.54 Å².